The third-order valence-corrected chi connectivity index (χ3v) is 5.23. The maximum absolute atomic E-state index is 13.1. The Kier molecular flexibility index (Phi) is 3.97. The smallest absolute Gasteiger partial charge is 0.257 e. The Labute approximate surface area is 143 Å². The van der Waals surface area contributed by atoms with Gasteiger partial charge in [0.2, 0.25) is 0 Å². The second-order valence-electron chi connectivity index (χ2n) is 6.88. The second kappa shape index (κ2) is 6.27. The topological polar surface area (TPSA) is 36.4 Å². The summed E-state index contributed by atoms with van der Waals surface area (Å²) in [5.74, 6) is 1.63. The number of carbonyl (C=O) groups excluding carboxylic acids is 1. The zero-order chi connectivity index (χ0) is 16.5. The number of nitrogens with zero attached hydrogens (tertiary/aromatic N) is 3. The quantitative estimate of drug-likeness (QED) is 0.847. The van der Waals surface area contributed by atoms with Crippen LogP contribution in [0.15, 0.2) is 42.6 Å². The van der Waals surface area contributed by atoms with E-state index in [0.29, 0.717) is 5.92 Å². The molecule has 24 heavy (non-hydrogen) atoms. The van der Waals surface area contributed by atoms with Gasteiger partial charge in [-0.05, 0) is 48.9 Å². The molecule has 4 rings (SSSR count). The monoisotopic (exact) mass is 321 g/mol. The molecule has 0 N–H and O–H groups in total. The molecule has 2 aliphatic rings. The summed E-state index contributed by atoms with van der Waals surface area (Å²) in [6.07, 6.45) is 4.97. The summed E-state index contributed by atoms with van der Waals surface area (Å²) in [6, 6.07) is 12.2. The molecule has 3 heterocycles. The molecule has 0 atom stereocenters. The molecule has 0 aliphatic carbocycles. The van der Waals surface area contributed by atoms with E-state index in [1.165, 1.54) is 11.3 Å². The lowest BCUT2D eigenvalue weighted by molar-refractivity contribution is 0.0697. The molecule has 2 aliphatic heterocycles. The molecule has 1 amide bonds. The Morgan fingerprint density at radius 3 is 2.71 bits per heavy atom. The van der Waals surface area contributed by atoms with Crippen LogP contribution in [0, 0.1) is 5.92 Å². The van der Waals surface area contributed by atoms with Crippen LogP contribution in [0.3, 0.4) is 0 Å². The normalized spacial score (nSPS) is 17.9. The van der Waals surface area contributed by atoms with Crippen molar-refractivity contribution in [2.24, 2.45) is 5.92 Å². The Hall–Kier alpha value is -2.36. The summed E-state index contributed by atoms with van der Waals surface area (Å²) in [4.78, 5) is 21.8. The molecule has 124 valence electrons. The standard InChI is InChI=1S/C20H23N3O/c1-15-8-12-22(13-9-15)20(24)17-6-4-11-21-19(17)23-14-10-16-5-2-3-7-18(16)23/h2-7,11,15H,8-10,12-14H2,1H3. The molecular formula is C20H23N3O. The maximum atomic E-state index is 13.1. The summed E-state index contributed by atoms with van der Waals surface area (Å²) >= 11 is 0. The summed E-state index contributed by atoms with van der Waals surface area (Å²) in [6.45, 7) is 4.85. The van der Waals surface area contributed by atoms with Gasteiger partial charge in [0, 0.05) is 31.5 Å². The molecule has 1 saturated heterocycles. The van der Waals surface area contributed by atoms with E-state index in [4.69, 9.17) is 0 Å². The van der Waals surface area contributed by atoms with Gasteiger partial charge in [0.05, 0.1) is 5.56 Å². The van der Waals surface area contributed by atoms with Crippen molar-refractivity contribution in [3.8, 4) is 0 Å². The Bertz CT molecular complexity index is 750. The van der Waals surface area contributed by atoms with E-state index in [-0.39, 0.29) is 5.91 Å². The average Bonchev–Trinajstić information content (AvgIpc) is 3.06. The van der Waals surface area contributed by atoms with Gasteiger partial charge in [0.15, 0.2) is 0 Å². The van der Waals surface area contributed by atoms with Crippen molar-refractivity contribution in [2.75, 3.05) is 24.5 Å². The third kappa shape index (κ3) is 2.66. The first kappa shape index (κ1) is 15.2. The molecule has 4 heteroatoms. The summed E-state index contributed by atoms with van der Waals surface area (Å²) in [7, 11) is 0. The molecule has 2 aromatic rings. The number of piperidine rings is 1. The van der Waals surface area contributed by atoms with Gasteiger partial charge < -0.3 is 9.80 Å². The number of likely N-dealkylation sites (tertiary alicyclic amines) is 1. The highest BCUT2D eigenvalue weighted by Gasteiger charge is 2.28. The van der Waals surface area contributed by atoms with Gasteiger partial charge in [-0.3, -0.25) is 4.79 Å². The second-order valence-corrected chi connectivity index (χ2v) is 6.88. The number of carbonyl (C=O) groups is 1. The lowest BCUT2D eigenvalue weighted by atomic mass is 9.98. The molecule has 4 nitrogen and oxygen atoms in total. The van der Waals surface area contributed by atoms with Crippen molar-refractivity contribution in [2.45, 2.75) is 26.2 Å². The lowest BCUT2D eigenvalue weighted by Crippen LogP contribution is -2.38. The van der Waals surface area contributed by atoms with Gasteiger partial charge in [-0.1, -0.05) is 25.1 Å². The number of anilines is 2. The van der Waals surface area contributed by atoms with Crippen LogP contribution in [0.1, 0.15) is 35.7 Å². The van der Waals surface area contributed by atoms with Crippen molar-refractivity contribution in [1.29, 1.82) is 0 Å². The van der Waals surface area contributed by atoms with Gasteiger partial charge in [-0.2, -0.15) is 0 Å². The SMILES string of the molecule is CC1CCN(C(=O)c2cccnc2N2CCc3ccccc32)CC1. The molecule has 0 radical (unpaired) electrons. The zero-order valence-electron chi connectivity index (χ0n) is 14.1. The predicted molar refractivity (Wildman–Crippen MR) is 95.7 cm³/mol. The minimum atomic E-state index is 0.120. The zero-order valence-corrected chi connectivity index (χ0v) is 14.1. The van der Waals surface area contributed by atoms with Crippen molar-refractivity contribution < 1.29 is 4.79 Å². The van der Waals surface area contributed by atoms with E-state index < -0.39 is 0 Å². The fourth-order valence-electron chi connectivity index (χ4n) is 3.72. The van der Waals surface area contributed by atoms with E-state index >= 15 is 0 Å². The van der Waals surface area contributed by atoms with E-state index in [9.17, 15) is 4.79 Å². The number of hydrogen-bond acceptors (Lipinski definition) is 3. The summed E-state index contributed by atoms with van der Waals surface area (Å²) in [5.41, 5.74) is 3.23. The minimum absolute atomic E-state index is 0.120. The number of fused-ring (bicyclic) bond motifs is 1. The number of para-hydroxylation sites is 1. The van der Waals surface area contributed by atoms with Gasteiger partial charge in [0.25, 0.3) is 5.91 Å². The van der Waals surface area contributed by atoms with Gasteiger partial charge in [0.1, 0.15) is 5.82 Å². The molecule has 1 aromatic carbocycles. The number of pyridine rings is 1. The molecule has 0 saturated carbocycles. The Balaban J connectivity index is 1.66. The lowest BCUT2D eigenvalue weighted by Gasteiger charge is -2.31. The van der Waals surface area contributed by atoms with Crippen LogP contribution >= 0.6 is 0 Å². The highest BCUT2D eigenvalue weighted by molar-refractivity contribution is 6.00. The number of amides is 1. The van der Waals surface area contributed by atoms with Crippen LogP contribution in [0.5, 0.6) is 0 Å². The van der Waals surface area contributed by atoms with E-state index in [1.807, 2.05) is 23.1 Å². The van der Waals surface area contributed by atoms with Crippen LogP contribution in [-0.2, 0) is 6.42 Å². The van der Waals surface area contributed by atoms with Gasteiger partial charge >= 0.3 is 0 Å². The van der Waals surface area contributed by atoms with Crippen LogP contribution in [0.25, 0.3) is 0 Å². The largest absolute Gasteiger partial charge is 0.339 e. The highest BCUT2D eigenvalue weighted by atomic mass is 16.2. The van der Waals surface area contributed by atoms with Gasteiger partial charge in [-0.15, -0.1) is 0 Å². The molecular weight excluding hydrogens is 298 g/mol. The van der Waals surface area contributed by atoms with E-state index in [1.54, 1.807) is 6.20 Å². The van der Waals surface area contributed by atoms with E-state index in [2.05, 4.69) is 35.0 Å². The number of rotatable bonds is 2. The third-order valence-electron chi connectivity index (χ3n) is 5.23. The van der Waals surface area contributed by atoms with Crippen molar-refractivity contribution in [3.63, 3.8) is 0 Å². The first-order valence-corrected chi connectivity index (χ1v) is 8.84. The van der Waals surface area contributed by atoms with Crippen LogP contribution in [0.2, 0.25) is 0 Å². The van der Waals surface area contributed by atoms with Crippen LogP contribution < -0.4 is 4.90 Å². The number of hydrogen-bond donors (Lipinski definition) is 0. The average molecular weight is 321 g/mol. The fourth-order valence-corrected chi connectivity index (χ4v) is 3.72. The van der Waals surface area contributed by atoms with Crippen molar-refractivity contribution in [3.05, 3.63) is 53.7 Å². The predicted octanol–water partition coefficient (Wildman–Crippen LogP) is 3.65. The molecule has 0 unspecified atom stereocenters. The van der Waals surface area contributed by atoms with E-state index in [0.717, 1.165) is 50.3 Å². The summed E-state index contributed by atoms with van der Waals surface area (Å²) < 4.78 is 0. The first-order valence-electron chi connectivity index (χ1n) is 8.84. The molecule has 1 fully saturated rings. The molecule has 1 aromatic heterocycles. The Morgan fingerprint density at radius 2 is 1.88 bits per heavy atom. The molecule has 0 bridgehead atoms. The van der Waals surface area contributed by atoms with Crippen LogP contribution in [0.4, 0.5) is 11.5 Å². The number of benzene rings is 1. The van der Waals surface area contributed by atoms with Crippen molar-refractivity contribution >= 4 is 17.4 Å². The van der Waals surface area contributed by atoms with Gasteiger partial charge in [-0.25, -0.2) is 4.98 Å². The maximum Gasteiger partial charge on any atom is 0.257 e. The number of aromatic nitrogens is 1. The first-order chi connectivity index (χ1) is 11.7. The van der Waals surface area contributed by atoms with Crippen LogP contribution in [-0.4, -0.2) is 35.4 Å². The Morgan fingerprint density at radius 1 is 1.08 bits per heavy atom. The van der Waals surface area contributed by atoms with Crippen molar-refractivity contribution in [1.82, 2.24) is 9.88 Å². The highest BCUT2D eigenvalue weighted by Crippen LogP contribution is 2.35. The summed E-state index contributed by atoms with van der Waals surface area (Å²) in [5, 5.41) is 0. The minimum Gasteiger partial charge on any atom is -0.339 e. The molecule has 0 spiro atoms. The fraction of sp³-hybridized carbons (Fsp3) is 0.400.